The van der Waals surface area contributed by atoms with Crippen LogP contribution in [0.5, 0.6) is 0 Å². The Hall–Kier alpha value is -1.84. The number of aryl methyl sites for hydroxylation is 1. The molecule has 0 aromatic heterocycles. The normalized spacial score (nSPS) is 14.6. The molecule has 1 fully saturated rings. The predicted molar refractivity (Wildman–Crippen MR) is 103 cm³/mol. The van der Waals surface area contributed by atoms with Crippen LogP contribution in [0.1, 0.15) is 36.0 Å². The van der Waals surface area contributed by atoms with Crippen LogP contribution in [0.3, 0.4) is 0 Å². The number of halogens is 1. The van der Waals surface area contributed by atoms with Crippen molar-refractivity contribution in [1.82, 2.24) is 10.2 Å². The Morgan fingerprint density at radius 1 is 1.00 bits per heavy atom. The highest BCUT2D eigenvalue weighted by Gasteiger charge is 2.13. The standard InChI is InChI=1S/C21H25ClN2O/c22-20-10-7-17(8-11-20)9-12-21(25)23-15-18-5-1-2-6-19(18)16-24-13-3-4-14-24/h1-2,5-8,10-11H,3-4,9,12-16H2,(H,23,25). The number of carbonyl (C=O) groups excluding carboxylic acids is 1. The van der Waals surface area contributed by atoms with Gasteiger partial charge in [0.15, 0.2) is 0 Å². The first-order valence-corrected chi connectivity index (χ1v) is 9.39. The van der Waals surface area contributed by atoms with Gasteiger partial charge in [0.05, 0.1) is 0 Å². The summed E-state index contributed by atoms with van der Waals surface area (Å²) in [5.41, 5.74) is 3.67. The first-order chi connectivity index (χ1) is 12.2. The molecule has 4 heteroatoms. The van der Waals surface area contributed by atoms with E-state index in [1.807, 2.05) is 30.3 Å². The molecule has 1 aliphatic rings. The maximum Gasteiger partial charge on any atom is 0.220 e. The number of nitrogens with zero attached hydrogens (tertiary/aromatic N) is 1. The summed E-state index contributed by atoms with van der Waals surface area (Å²) in [6.07, 6.45) is 3.82. The number of nitrogens with one attached hydrogen (secondary N) is 1. The molecule has 0 atom stereocenters. The lowest BCUT2D eigenvalue weighted by Gasteiger charge is -2.17. The highest BCUT2D eigenvalue weighted by Crippen LogP contribution is 2.16. The van der Waals surface area contributed by atoms with Gasteiger partial charge in [0.1, 0.15) is 0 Å². The van der Waals surface area contributed by atoms with Crippen molar-refractivity contribution in [2.45, 2.75) is 38.8 Å². The first kappa shape index (κ1) is 18.0. The fourth-order valence-corrected chi connectivity index (χ4v) is 3.38. The van der Waals surface area contributed by atoms with E-state index >= 15 is 0 Å². The maximum atomic E-state index is 12.2. The molecular formula is C21H25ClN2O. The molecule has 0 aliphatic carbocycles. The van der Waals surface area contributed by atoms with Crippen molar-refractivity contribution in [2.24, 2.45) is 0 Å². The summed E-state index contributed by atoms with van der Waals surface area (Å²) in [4.78, 5) is 14.7. The summed E-state index contributed by atoms with van der Waals surface area (Å²) < 4.78 is 0. The third-order valence-electron chi connectivity index (χ3n) is 4.74. The van der Waals surface area contributed by atoms with Crippen LogP contribution in [0.25, 0.3) is 0 Å². The van der Waals surface area contributed by atoms with Gasteiger partial charge in [-0.3, -0.25) is 9.69 Å². The number of likely N-dealkylation sites (tertiary alicyclic amines) is 1. The van der Waals surface area contributed by atoms with Gasteiger partial charge in [-0.2, -0.15) is 0 Å². The van der Waals surface area contributed by atoms with Gasteiger partial charge < -0.3 is 5.32 Å². The molecule has 1 aliphatic heterocycles. The molecule has 1 saturated heterocycles. The molecule has 0 bridgehead atoms. The van der Waals surface area contributed by atoms with Gasteiger partial charge >= 0.3 is 0 Å². The topological polar surface area (TPSA) is 32.3 Å². The zero-order chi connectivity index (χ0) is 17.5. The molecule has 0 spiro atoms. The van der Waals surface area contributed by atoms with E-state index < -0.39 is 0 Å². The van der Waals surface area contributed by atoms with E-state index in [4.69, 9.17) is 11.6 Å². The van der Waals surface area contributed by atoms with Crippen molar-refractivity contribution in [3.05, 3.63) is 70.2 Å². The molecule has 1 N–H and O–H groups in total. The molecule has 1 heterocycles. The lowest BCUT2D eigenvalue weighted by Crippen LogP contribution is -2.25. The summed E-state index contributed by atoms with van der Waals surface area (Å²) in [7, 11) is 0. The average Bonchev–Trinajstić information content (AvgIpc) is 3.13. The number of hydrogen-bond acceptors (Lipinski definition) is 2. The van der Waals surface area contributed by atoms with Gasteiger partial charge in [-0.15, -0.1) is 0 Å². The van der Waals surface area contributed by atoms with Crippen LogP contribution >= 0.6 is 11.6 Å². The number of hydrogen-bond donors (Lipinski definition) is 1. The molecule has 3 rings (SSSR count). The first-order valence-electron chi connectivity index (χ1n) is 9.01. The van der Waals surface area contributed by atoms with E-state index in [0.29, 0.717) is 13.0 Å². The van der Waals surface area contributed by atoms with Crippen LogP contribution in [0.2, 0.25) is 5.02 Å². The van der Waals surface area contributed by atoms with E-state index in [1.165, 1.54) is 37.1 Å². The van der Waals surface area contributed by atoms with E-state index in [9.17, 15) is 4.79 Å². The van der Waals surface area contributed by atoms with Crippen molar-refractivity contribution in [3.8, 4) is 0 Å². The van der Waals surface area contributed by atoms with Gasteiger partial charge in [0.25, 0.3) is 0 Å². The molecular weight excluding hydrogens is 332 g/mol. The number of carbonyl (C=O) groups is 1. The van der Waals surface area contributed by atoms with Gasteiger partial charge in [0, 0.05) is 24.5 Å². The van der Waals surface area contributed by atoms with E-state index in [2.05, 4.69) is 28.4 Å². The Morgan fingerprint density at radius 3 is 2.40 bits per heavy atom. The van der Waals surface area contributed by atoms with Crippen LogP contribution in [-0.4, -0.2) is 23.9 Å². The second-order valence-corrected chi connectivity index (χ2v) is 7.09. The molecule has 0 unspecified atom stereocenters. The molecule has 1 amide bonds. The predicted octanol–water partition coefficient (Wildman–Crippen LogP) is 4.18. The zero-order valence-corrected chi connectivity index (χ0v) is 15.3. The summed E-state index contributed by atoms with van der Waals surface area (Å²) in [6.45, 7) is 3.95. The molecule has 2 aromatic rings. The minimum atomic E-state index is 0.0888. The van der Waals surface area contributed by atoms with Gasteiger partial charge in [-0.1, -0.05) is 48.0 Å². The number of rotatable bonds is 7. The molecule has 25 heavy (non-hydrogen) atoms. The van der Waals surface area contributed by atoms with Crippen molar-refractivity contribution in [2.75, 3.05) is 13.1 Å². The third-order valence-corrected chi connectivity index (χ3v) is 4.99. The smallest absolute Gasteiger partial charge is 0.220 e. The number of amides is 1. The lowest BCUT2D eigenvalue weighted by molar-refractivity contribution is -0.121. The maximum absolute atomic E-state index is 12.2. The zero-order valence-electron chi connectivity index (χ0n) is 14.5. The quantitative estimate of drug-likeness (QED) is 0.807. The van der Waals surface area contributed by atoms with Crippen LogP contribution in [0, 0.1) is 0 Å². The Morgan fingerprint density at radius 2 is 1.68 bits per heavy atom. The van der Waals surface area contributed by atoms with Crippen molar-refractivity contribution in [1.29, 1.82) is 0 Å². The molecule has 2 aromatic carbocycles. The van der Waals surface area contributed by atoms with Crippen molar-refractivity contribution >= 4 is 17.5 Å². The van der Waals surface area contributed by atoms with Crippen LogP contribution in [0.15, 0.2) is 48.5 Å². The summed E-state index contributed by atoms with van der Waals surface area (Å²) in [6, 6.07) is 16.1. The average molecular weight is 357 g/mol. The summed E-state index contributed by atoms with van der Waals surface area (Å²) in [5.74, 6) is 0.0888. The van der Waals surface area contributed by atoms with Gasteiger partial charge in [-0.05, 0) is 61.2 Å². The van der Waals surface area contributed by atoms with E-state index in [-0.39, 0.29) is 5.91 Å². The Labute approximate surface area is 155 Å². The molecule has 3 nitrogen and oxygen atoms in total. The second-order valence-electron chi connectivity index (χ2n) is 6.66. The SMILES string of the molecule is O=C(CCc1ccc(Cl)cc1)NCc1ccccc1CN1CCCC1. The van der Waals surface area contributed by atoms with Crippen LogP contribution in [-0.2, 0) is 24.3 Å². The van der Waals surface area contributed by atoms with Gasteiger partial charge in [-0.25, -0.2) is 0 Å². The summed E-state index contributed by atoms with van der Waals surface area (Å²) in [5, 5.41) is 3.79. The van der Waals surface area contributed by atoms with Crippen LogP contribution in [0.4, 0.5) is 0 Å². The largest absolute Gasteiger partial charge is 0.352 e. The number of benzene rings is 2. The third kappa shape index (κ3) is 5.58. The lowest BCUT2D eigenvalue weighted by atomic mass is 10.1. The monoisotopic (exact) mass is 356 g/mol. The van der Waals surface area contributed by atoms with E-state index in [1.54, 1.807) is 0 Å². The summed E-state index contributed by atoms with van der Waals surface area (Å²) >= 11 is 5.88. The second kappa shape index (κ2) is 9.02. The fraction of sp³-hybridized carbons (Fsp3) is 0.381. The minimum absolute atomic E-state index is 0.0888. The Bertz CT molecular complexity index is 693. The molecule has 132 valence electrons. The Kier molecular flexibility index (Phi) is 6.48. The molecule has 0 radical (unpaired) electrons. The highest BCUT2D eigenvalue weighted by molar-refractivity contribution is 6.30. The highest BCUT2D eigenvalue weighted by atomic mass is 35.5. The minimum Gasteiger partial charge on any atom is -0.352 e. The van der Waals surface area contributed by atoms with Crippen molar-refractivity contribution < 1.29 is 4.79 Å². The van der Waals surface area contributed by atoms with Gasteiger partial charge in [0.2, 0.25) is 5.91 Å². The van der Waals surface area contributed by atoms with E-state index in [0.717, 1.165) is 23.6 Å². The van der Waals surface area contributed by atoms with Crippen molar-refractivity contribution in [3.63, 3.8) is 0 Å². The molecule has 0 saturated carbocycles. The fourth-order valence-electron chi connectivity index (χ4n) is 3.26. The Balaban J connectivity index is 1.49. The van der Waals surface area contributed by atoms with Crippen LogP contribution < -0.4 is 5.32 Å².